The summed E-state index contributed by atoms with van der Waals surface area (Å²) in [5.74, 6) is -0.956. The zero-order valence-corrected chi connectivity index (χ0v) is 12.9. The van der Waals surface area contributed by atoms with Gasteiger partial charge in [0.1, 0.15) is 6.04 Å². The highest BCUT2D eigenvalue weighted by Crippen LogP contribution is 2.24. The van der Waals surface area contributed by atoms with Gasteiger partial charge in [-0.05, 0) is 18.6 Å². The highest BCUT2D eigenvalue weighted by atomic mass is 35.5. The summed E-state index contributed by atoms with van der Waals surface area (Å²) in [4.78, 5) is 23.8. The first kappa shape index (κ1) is 16.8. The standard InChI is InChI=1S/C14H17Cl2NO3/c1-3-4-8-11(14(19)20-2)17-13(18)12-9(15)6-5-7-10(12)16/h5-7,11H,3-4,8H2,1-2H3,(H,17,18). The second kappa shape index (κ2) is 8.12. The number of nitrogens with one attached hydrogen (secondary N) is 1. The summed E-state index contributed by atoms with van der Waals surface area (Å²) in [7, 11) is 1.29. The van der Waals surface area contributed by atoms with Gasteiger partial charge in [0.25, 0.3) is 5.91 Å². The summed E-state index contributed by atoms with van der Waals surface area (Å²) in [5, 5.41) is 3.11. The summed E-state index contributed by atoms with van der Waals surface area (Å²) >= 11 is 11.9. The molecule has 4 nitrogen and oxygen atoms in total. The Hall–Kier alpha value is -1.26. The van der Waals surface area contributed by atoms with Crippen LogP contribution in [-0.4, -0.2) is 25.0 Å². The number of esters is 1. The summed E-state index contributed by atoms with van der Waals surface area (Å²) in [6.07, 6.45) is 2.23. The van der Waals surface area contributed by atoms with E-state index in [9.17, 15) is 9.59 Å². The van der Waals surface area contributed by atoms with E-state index in [-0.39, 0.29) is 15.6 Å². The number of hydrogen-bond donors (Lipinski definition) is 1. The first-order chi connectivity index (χ1) is 9.51. The lowest BCUT2D eigenvalue weighted by molar-refractivity contribution is -0.143. The third-order valence-electron chi connectivity index (χ3n) is 2.83. The van der Waals surface area contributed by atoms with Gasteiger partial charge in [-0.15, -0.1) is 0 Å². The molecule has 6 heteroatoms. The number of carbonyl (C=O) groups is 2. The Balaban J connectivity index is 2.87. The van der Waals surface area contributed by atoms with Crippen molar-refractivity contribution in [3.05, 3.63) is 33.8 Å². The highest BCUT2D eigenvalue weighted by Gasteiger charge is 2.23. The fraction of sp³-hybridized carbons (Fsp3) is 0.429. The van der Waals surface area contributed by atoms with Gasteiger partial charge in [-0.25, -0.2) is 4.79 Å². The summed E-state index contributed by atoms with van der Waals surface area (Å²) in [6, 6.07) is 4.10. The Bertz CT molecular complexity index is 471. The topological polar surface area (TPSA) is 55.4 Å². The minimum Gasteiger partial charge on any atom is -0.467 e. The van der Waals surface area contributed by atoms with Crippen molar-refractivity contribution >= 4 is 35.1 Å². The van der Waals surface area contributed by atoms with Crippen LogP contribution in [0.2, 0.25) is 10.0 Å². The van der Waals surface area contributed by atoms with Crippen LogP contribution in [0.5, 0.6) is 0 Å². The Kier molecular flexibility index (Phi) is 6.82. The number of amides is 1. The third-order valence-corrected chi connectivity index (χ3v) is 3.46. The van der Waals surface area contributed by atoms with Crippen LogP contribution in [0.4, 0.5) is 0 Å². The van der Waals surface area contributed by atoms with Crippen molar-refractivity contribution < 1.29 is 14.3 Å². The monoisotopic (exact) mass is 317 g/mol. The van der Waals surface area contributed by atoms with E-state index in [0.29, 0.717) is 6.42 Å². The number of carbonyl (C=O) groups excluding carboxylic acids is 2. The molecule has 1 unspecified atom stereocenters. The van der Waals surface area contributed by atoms with Crippen molar-refractivity contribution in [1.29, 1.82) is 0 Å². The van der Waals surface area contributed by atoms with Gasteiger partial charge in [0.2, 0.25) is 0 Å². The molecule has 1 rings (SSSR count). The average molecular weight is 318 g/mol. The molecule has 0 radical (unpaired) electrons. The van der Waals surface area contributed by atoms with E-state index < -0.39 is 17.9 Å². The van der Waals surface area contributed by atoms with E-state index in [0.717, 1.165) is 12.8 Å². The summed E-state index contributed by atoms with van der Waals surface area (Å²) < 4.78 is 4.69. The molecular formula is C14H17Cl2NO3. The average Bonchev–Trinajstić information content (AvgIpc) is 2.42. The Morgan fingerprint density at radius 1 is 1.30 bits per heavy atom. The molecule has 0 saturated carbocycles. The maximum atomic E-state index is 12.2. The normalized spacial score (nSPS) is 11.8. The van der Waals surface area contributed by atoms with Crippen LogP contribution in [-0.2, 0) is 9.53 Å². The number of methoxy groups -OCH3 is 1. The largest absolute Gasteiger partial charge is 0.467 e. The van der Waals surface area contributed by atoms with Crippen molar-refractivity contribution in [1.82, 2.24) is 5.32 Å². The highest BCUT2D eigenvalue weighted by molar-refractivity contribution is 6.39. The van der Waals surface area contributed by atoms with Crippen molar-refractivity contribution in [2.45, 2.75) is 32.2 Å². The molecule has 0 fully saturated rings. The SMILES string of the molecule is CCCCC(NC(=O)c1c(Cl)cccc1Cl)C(=O)OC. The van der Waals surface area contributed by atoms with Gasteiger partial charge in [-0.1, -0.05) is 49.0 Å². The molecule has 1 aromatic rings. The molecule has 0 spiro atoms. The lowest BCUT2D eigenvalue weighted by Crippen LogP contribution is -2.41. The fourth-order valence-electron chi connectivity index (χ4n) is 1.74. The first-order valence-electron chi connectivity index (χ1n) is 6.34. The Labute approximate surface area is 128 Å². The second-order valence-electron chi connectivity index (χ2n) is 4.29. The maximum Gasteiger partial charge on any atom is 0.328 e. The minimum atomic E-state index is -0.695. The molecule has 0 aliphatic carbocycles. The number of unbranched alkanes of at least 4 members (excludes halogenated alkanes) is 1. The summed E-state index contributed by atoms with van der Waals surface area (Å²) in [5.41, 5.74) is 0.168. The van der Waals surface area contributed by atoms with E-state index in [2.05, 4.69) is 10.1 Å². The van der Waals surface area contributed by atoms with Crippen LogP contribution in [0.15, 0.2) is 18.2 Å². The maximum absolute atomic E-state index is 12.2. The molecule has 1 atom stereocenters. The number of hydrogen-bond acceptors (Lipinski definition) is 3. The molecule has 0 bridgehead atoms. The molecule has 110 valence electrons. The lowest BCUT2D eigenvalue weighted by Gasteiger charge is -2.17. The molecule has 0 aliphatic rings. The lowest BCUT2D eigenvalue weighted by atomic mass is 10.1. The fourth-order valence-corrected chi connectivity index (χ4v) is 2.31. The van der Waals surface area contributed by atoms with Crippen LogP contribution in [0.1, 0.15) is 36.5 Å². The minimum absolute atomic E-state index is 0.168. The van der Waals surface area contributed by atoms with Crippen LogP contribution in [0.3, 0.4) is 0 Å². The number of ether oxygens (including phenoxy) is 1. The Morgan fingerprint density at radius 3 is 2.40 bits per heavy atom. The number of halogens is 2. The van der Waals surface area contributed by atoms with Crippen LogP contribution < -0.4 is 5.32 Å². The quantitative estimate of drug-likeness (QED) is 0.817. The van der Waals surface area contributed by atoms with Gasteiger partial charge in [0, 0.05) is 0 Å². The van der Waals surface area contributed by atoms with E-state index >= 15 is 0 Å². The van der Waals surface area contributed by atoms with Crippen molar-refractivity contribution in [2.24, 2.45) is 0 Å². The smallest absolute Gasteiger partial charge is 0.328 e. The molecule has 0 aliphatic heterocycles. The molecular weight excluding hydrogens is 301 g/mol. The predicted octanol–water partition coefficient (Wildman–Crippen LogP) is 3.46. The van der Waals surface area contributed by atoms with E-state index in [1.54, 1.807) is 18.2 Å². The van der Waals surface area contributed by atoms with E-state index in [1.165, 1.54) is 7.11 Å². The van der Waals surface area contributed by atoms with E-state index in [4.69, 9.17) is 23.2 Å². The molecule has 0 aromatic heterocycles. The van der Waals surface area contributed by atoms with Crippen LogP contribution in [0, 0.1) is 0 Å². The van der Waals surface area contributed by atoms with Crippen LogP contribution in [0.25, 0.3) is 0 Å². The molecule has 1 N–H and O–H groups in total. The van der Waals surface area contributed by atoms with Gasteiger partial charge < -0.3 is 10.1 Å². The van der Waals surface area contributed by atoms with Crippen molar-refractivity contribution in [3.63, 3.8) is 0 Å². The molecule has 20 heavy (non-hydrogen) atoms. The number of rotatable bonds is 6. The van der Waals surface area contributed by atoms with Gasteiger partial charge in [0.15, 0.2) is 0 Å². The van der Waals surface area contributed by atoms with Gasteiger partial charge in [-0.3, -0.25) is 4.79 Å². The third kappa shape index (κ3) is 4.39. The van der Waals surface area contributed by atoms with Crippen molar-refractivity contribution in [3.8, 4) is 0 Å². The van der Waals surface area contributed by atoms with E-state index in [1.807, 2.05) is 6.92 Å². The molecule has 0 saturated heterocycles. The zero-order valence-electron chi connectivity index (χ0n) is 11.4. The zero-order chi connectivity index (χ0) is 15.1. The molecule has 0 heterocycles. The summed E-state index contributed by atoms with van der Waals surface area (Å²) in [6.45, 7) is 2.00. The van der Waals surface area contributed by atoms with Crippen molar-refractivity contribution in [2.75, 3.05) is 7.11 Å². The first-order valence-corrected chi connectivity index (χ1v) is 7.09. The molecule has 1 aromatic carbocycles. The van der Waals surface area contributed by atoms with Gasteiger partial charge >= 0.3 is 5.97 Å². The van der Waals surface area contributed by atoms with Crippen LogP contribution >= 0.6 is 23.2 Å². The predicted molar refractivity (Wildman–Crippen MR) is 79.3 cm³/mol. The number of benzene rings is 1. The Morgan fingerprint density at radius 2 is 1.90 bits per heavy atom. The second-order valence-corrected chi connectivity index (χ2v) is 5.10. The van der Waals surface area contributed by atoms with Gasteiger partial charge in [-0.2, -0.15) is 0 Å². The molecule has 1 amide bonds. The van der Waals surface area contributed by atoms with Gasteiger partial charge in [0.05, 0.1) is 22.7 Å².